The summed E-state index contributed by atoms with van der Waals surface area (Å²) >= 11 is 0. The van der Waals surface area contributed by atoms with Crippen LogP contribution < -0.4 is 5.32 Å². The Balaban J connectivity index is 2.21. The van der Waals surface area contributed by atoms with Gasteiger partial charge in [0.1, 0.15) is 6.10 Å². The lowest BCUT2D eigenvalue weighted by Gasteiger charge is -2.32. The summed E-state index contributed by atoms with van der Waals surface area (Å²) in [6.45, 7) is 13.6. The first kappa shape index (κ1) is 16.3. The second-order valence-electron chi connectivity index (χ2n) is 7.00. The minimum Gasteiger partial charge on any atom is -0.446 e. The van der Waals surface area contributed by atoms with Gasteiger partial charge in [-0.1, -0.05) is 13.8 Å². The standard InChI is InChI=1S/C15H30N2O2/c1-12(2)6-9-17-10-7-13(8-11-17)19-14(18)16-15(3,4)5/h12-13H,6-11H2,1-5H3,(H,16,18). The third kappa shape index (κ3) is 7.41. The predicted octanol–water partition coefficient (Wildman–Crippen LogP) is 3.02. The molecule has 0 unspecified atom stereocenters. The second-order valence-corrected chi connectivity index (χ2v) is 7.00. The van der Waals surface area contributed by atoms with Crippen LogP contribution in [0.1, 0.15) is 53.9 Å². The number of ether oxygens (including phenoxy) is 1. The van der Waals surface area contributed by atoms with Crippen molar-refractivity contribution in [2.24, 2.45) is 5.92 Å². The summed E-state index contributed by atoms with van der Waals surface area (Å²) in [5.41, 5.74) is -0.227. The number of carbonyl (C=O) groups is 1. The largest absolute Gasteiger partial charge is 0.446 e. The van der Waals surface area contributed by atoms with Gasteiger partial charge in [-0.25, -0.2) is 4.79 Å². The van der Waals surface area contributed by atoms with Gasteiger partial charge in [0.15, 0.2) is 0 Å². The molecule has 0 aromatic heterocycles. The molecule has 0 radical (unpaired) electrons. The van der Waals surface area contributed by atoms with E-state index in [1.165, 1.54) is 13.0 Å². The number of nitrogens with one attached hydrogen (secondary N) is 1. The van der Waals surface area contributed by atoms with Crippen molar-refractivity contribution in [1.82, 2.24) is 10.2 Å². The number of piperidine rings is 1. The van der Waals surface area contributed by atoms with Crippen LogP contribution in [0.5, 0.6) is 0 Å². The Labute approximate surface area is 117 Å². The quantitative estimate of drug-likeness (QED) is 0.854. The molecule has 1 aliphatic rings. The number of carbonyl (C=O) groups excluding carboxylic acids is 1. The molecular weight excluding hydrogens is 240 g/mol. The van der Waals surface area contributed by atoms with Gasteiger partial charge in [0.25, 0.3) is 0 Å². The van der Waals surface area contributed by atoms with Crippen LogP contribution in [0.2, 0.25) is 0 Å². The van der Waals surface area contributed by atoms with Crippen LogP contribution in [-0.2, 0) is 4.74 Å². The van der Waals surface area contributed by atoms with E-state index in [0.29, 0.717) is 0 Å². The minimum absolute atomic E-state index is 0.0812. The zero-order valence-electron chi connectivity index (χ0n) is 13.2. The molecule has 0 aromatic carbocycles. The van der Waals surface area contributed by atoms with Crippen LogP contribution in [0.15, 0.2) is 0 Å². The molecule has 1 saturated heterocycles. The van der Waals surface area contributed by atoms with Gasteiger partial charge in [-0.2, -0.15) is 0 Å². The van der Waals surface area contributed by atoms with E-state index >= 15 is 0 Å². The van der Waals surface area contributed by atoms with Crippen LogP contribution in [-0.4, -0.2) is 42.3 Å². The SMILES string of the molecule is CC(C)CCN1CCC(OC(=O)NC(C)(C)C)CC1. The number of hydrogen-bond acceptors (Lipinski definition) is 3. The highest BCUT2D eigenvalue weighted by Gasteiger charge is 2.23. The van der Waals surface area contributed by atoms with Gasteiger partial charge in [-0.05, 0) is 52.5 Å². The van der Waals surface area contributed by atoms with Gasteiger partial charge in [0, 0.05) is 18.6 Å². The van der Waals surface area contributed by atoms with Crippen molar-refractivity contribution in [2.75, 3.05) is 19.6 Å². The Kier molecular flexibility index (Phi) is 6.11. The van der Waals surface area contributed by atoms with Crippen LogP contribution in [0.25, 0.3) is 0 Å². The lowest BCUT2D eigenvalue weighted by Crippen LogP contribution is -2.44. The summed E-state index contributed by atoms with van der Waals surface area (Å²) in [6.07, 6.45) is 2.95. The first-order chi connectivity index (χ1) is 8.76. The fourth-order valence-electron chi connectivity index (χ4n) is 2.18. The monoisotopic (exact) mass is 270 g/mol. The van der Waals surface area contributed by atoms with Gasteiger partial charge in [-0.15, -0.1) is 0 Å². The molecule has 0 bridgehead atoms. The van der Waals surface area contributed by atoms with Gasteiger partial charge < -0.3 is 15.0 Å². The summed E-state index contributed by atoms with van der Waals surface area (Å²) in [7, 11) is 0. The van der Waals surface area contributed by atoms with Crippen molar-refractivity contribution in [1.29, 1.82) is 0 Å². The summed E-state index contributed by atoms with van der Waals surface area (Å²) < 4.78 is 5.46. The van der Waals surface area contributed by atoms with Crippen molar-refractivity contribution in [2.45, 2.75) is 65.5 Å². The highest BCUT2D eigenvalue weighted by atomic mass is 16.6. The van der Waals surface area contributed by atoms with Gasteiger partial charge >= 0.3 is 6.09 Å². The molecule has 0 atom stereocenters. The zero-order valence-corrected chi connectivity index (χ0v) is 13.2. The van der Waals surface area contributed by atoms with Crippen molar-refractivity contribution in [3.05, 3.63) is 0 Å². The molecule has 19 heavy (non-hydrogen) atoms. The molecule has 0 aromatic rings. The fourth-order valence-corrected chi connectivity index (χ4v) is 2.18. The molecule has 0 saturated carbocycles. The van der Waals surface area contributed by atoms with Gasteiger partial charge in [0.05, 0.1) is 0 Å². The van der Waals surface area contributed by atoms with Crippen molar-refractivity contribution in [3.8, 4) is 0 Å². The maximum absolute atomic E-state index is 11.7. The van der Waals surface area contributed by atoms with Crippen molar-refractivity contribution >= 4 is 6.09 Å². The van der Waals surface area contributed by atoms with E-state index in [-0.39, 0.29) is 17.7 Å². The van der Waals surface area contributed by atoms with E-state index in [1.807, 2.05) is 20.8 Å². The van der Waals surface area contributed by atoms with E-state index in [1.54, 1.807) is 0 Å². The summed E-state index contributed by atoms with van der Waals surface area (Å²) in [5.74, 6) is 0.756. The smallest absolute Gasteiger partial charge is 0.407 e. The number of likely N-dealkylation sites (tertiary alicyclic amines) is 1. The number of hydrogen-bond donors (Lipinski definition) is 1. The highest BCUT2D eigenvalue weighted by molar-refractivity contribution is 5.68. The third-order valence-electron chi connectivity index (χ3n) is 3.31. The van der Waals surface area contributed by atoms with Crippen LogP contribution in [0.4, 0.5) is 4.79 Å². The first-order valence-corrected chi connectivity index (χ1v) is 7.47. The molecule has 1 amide bonds. The number of alkyl carbamates (subject to hydrolysis) is 1. The van der Waals surface area contributed by atoms with Crippen LogP contribution in [0, 0.1) is 5.92 Å². The van der Waals surface area contributed by atoms with Crippen molar-refractivity contribution < 1.29 is 9.53 Å². The fraction of sp³-hybridized carbons (Fsp3) is 0.933. The van der Waals surface area contributed by atoms with E-state index in [0.717, 1.165) is 31.8 Å². The Morgan fingerprint density at radius 3 is 2.37 bits per heavy atom. The summed E-state index contributed by atoms with van der Waals surface area (Å²) in [4.78, 5) is 14.2. The van der Waals surface area contributed by atoms with Crippen LogP contribution in [0.3, 0.4) is 0 Å². The molecule has 0 aliphatic carbocycles. The Bertz CT molecular complexity index is 276. The molecule has 1 fully saturated rings. The molecule has 1 aliphatic heterocycles. The highest BCUT2D eigenvalue weighted by Crippen LogP contribution is 2.15. The molecular formula is C15H30N2O2. The topological polar surface area (TPSA) is 41.6 Å². The molecule has 4 heteroatoms. The molecule has 1 N–H and O–H groups in total. The number of amides is 1. The van der Waals surface area contributed by atoms with E-state index in [2.05, 4.69) is 24.1 Å². The van der Waals surface area contributed by atoms with E-state index in [4.69, 9.17) is 4.74 Å². The van der Waals surface area contributed by atoms with Crippen LogP contribution >= 0.6 is 0 Å². The molecule has 1 rings (SSSR count). The predicted molar refractivity (Wildman–Crippen MR) is 78.3 cm³/mol. The normalized spacial score (nSPS) is 18.6. The second kappa shape index (κ2) is 7.13. The molecule has 1 heterocycles. The zero-order chi connectivity index (χ0) is 14.5. The summed E-state index contributed by atoms with van der Waals surface area (Å²) in [5, 5.41) is 2.84. The Hall–Kier alpha value is -0.770. The minimum atomic E-state index is -0.284. The Morgan fingerprint density at radius 1 is 1.32 bits per heavy atom. The molecule has 112 valence electrons. The van der Waals surface area contributed by atoms with Gasteiger partial charge in [0.2, 0.25) is 0 Å². The average Bonchev–Trinajstić information content (AvgIpc) is 2.25. The lowest BCUT2D eigenvalue weighted by atomic mass is 10.1. The maximum atomic E-state index is 11.7. The van der Waals surface area contributed by atoms with E-state index in [9.17, 15) is 4.79 Å². The first-order valence-electron chi connectivity index (χ1n) is 7.47. The van der Waals surface area contributed by atoms with Crippen molar-refractivity contribution in [3.63, 3.8) is 0 Å². The number of rotatable bonds is 4. The molecule has 4 nitrogen and oxygen atoms in total. The lowest BCUT2D eigenvalue weighted by molar-refractivity contribution is 0.0462. The number of nitrogens with zero attached hydrogens (tertiary/aromatic N) is 1. The average molecular weight is 270 g/mol. The Morgan fingerprint density at radius 2 is 1.89 bits per heavy atom. The third-order valence-corrected chi connectivity index (χ3v) is 3.31. The van der Waals surface area contributed by atoms with Gasteiger partial charge in [-0.3, -0.25) is 0 Å². The van der Waals surface area contributed by atoms with E-state index < -0.39 is 0 Å². The summed E-state index contributed by atoms with van der Waals surface area (Å²) in [6, 6.07) is 0. The maximum Gasteiger partial charge on any atom is 0.407 e. The molecule has 0 spiro atoms.